The molecule has 1 aliphatic heterocycles. The molecule has 0 radical (unpaired) electrons. The molecular formula is C22H28N2O6S. The zero-order valence-corrected chi connectivity index (χ0v) is 18.3. The SMILES string of the molecule is O=C(OCC(=O)N(C1=CCCCC1)C1CC1)c1ccc(S(=O)(=O)N2CCOCC2)cc1. The summed E-state index contributed by atoms with van der Waals surface area (Å²) in [6, 6.07) is 5.85. The molecule has 1 heterocycles. The topological polar surface area (TPSA) is 93.2 Å². The maximum Gasteiger partial charge on any atom is 0.338 e. The van der Waals surface area contributed by atoms with Crippen LogP contribution in [0.1, 0.15) is 48.9 Å². The summed E-state index contributed by atoms with van der Waals surface area (Å²) in [5.74, 6) is -0.840. The summed E-state index contributed by atoms with van der Waals surface area (Å²) in [6.45, 7) is 1.03. The van der Waals surface area contributed by atoms with Gasteiger partial charge in [0.15, 0.2) is 6.61 Å². The highest BCUT2D eigenvalue weighted by Gasteiger charge is 2.35. The van der Waals surface area contributed by atoms with Gasteiger partial charge in [0.1, 0.15) is 0 Å². The Hall–Kier alpha value is -2.23. The Bertz CT molecular complexity index is 947. The molecule has 1 amide bonds. The van der Waals surface area contributed by atoms with Gasteiger partial charge in [-0.05, 0) is 62.8 Å². The van der Waals surface area contributed by atoms with Crippen molar-refractivity contribution in [3.05, 3.63) is 41.6 Å². The summed E-state index contributed by atoms with van der Waals surface area (Å²) in [7, 11) is -3.62. The number of sulfonamides is 1. The zero-order valence-electron chi connectivity index (χ0n) is 17.5. The number of rotatable bonds is 7. The fourth-order valence-corrected chi connectivity index (χ4v) is 5.36. The Morgan fingerprint density at radius 1 is 1.10 bits per heavy atom. The quantitative estimate of drug-likeness (QED) is 0.595. The minimum atomic E-state index is -3.62. The molecule has 0 unspecified atom stereocenters. The van der Waals surface area contributed by atoms with Gasteiger partial charge < -0.3 is 14.4 Å². The van der Waals surface area contributed by atoms with Crippen molar-refractivity contribution < 1.29 is 27.5 Å². The number of hydrogen-bond donors (Lipinski definition) is 0. The Balaban J connectivity index is 1.36. The van der Waals surface area contributed by atoms with E-state index in [1.54, 1.807) is 0 Å². The van der Waals surface area contributed by atoms with Crippen LogP contribution >= 0.6 is 0 Å². The van der Waals surface area contributed by atoms with Crippen LogP contribution in [0.25, 0.3) is 0 Å². The number of hydrogen-bond acceptors (Lipinski definition) is 6. The zero-order chi connectivity index (χ0) is 21.8. The lowest BCUT2D eigenvalue weighted by Crippen LogP contribution is -2.40. The van der Waals surface area contributed by atoms with Gasteiger partial charge >= 0.3 is 5.97 Å². The molecule has 4 rings (SSSR count). The summed E-state index contributed by atoms with van der Waals surface area (Å²) in [6.07, 6.45) is 8.16. The van der Waals surface area contributed by atoms with Crippen molar-refractivity contribution in [2.24, 2.45) is 0 Å². The molecule has 1 aromatic carbocycles. The van der Waals surface area contributed by atoms with Crippen molar-refractivity contribution in [1.29, 1.82) is 0 Å². The average molecular weight is 449 g/mol. The fraction of sp³-hybridized carbons (Fsp3) is 0.545. The number of morpholine rings is 1. The minimum absolute atomic E-state index is 0.117. The molecule has 3 aliphatic rings. The first-order chi connectivity index (χ1) is 15.0. The first kappa shape index (κ1) is 22.0. The van der Waals surface area contributed by atoms with Crippen LogP contribution in [0.3, 0.4) is 0 Å². The lowest BCUT2D eigenvalue weighted by Gasteiger charge is -2.27. The van der Waals surface area contributed by atoms with Gasteiger partial charge in [-0.25, -0.2) is 13.2 Å². The molecule has 31 heavy (non-hydrogen) atoms. The lowest BCUT2D eigenvalue weighted by molar-refractivity contribution is -0.133. The van der Waals surface area contributed by atoms with E-state index in [1.165, 1.54) is 28.6 Å². The van der Waals surface area contributed by atoms with E-state index < -0.39 is 16.0 Å². The predicted molar refractivity (Wildman–Crippen MR) is 113 cm³/mol. The molecule has 1 saturated carbocycles. The molecule has 8 nitrogen and oxygen atoms in total. The minimum Gasteiger partial charge on any atom is -0.452 e. The molecule has 2 aliphatic carbocycles. The molecule has 1 aromatic rings. The Morgan fingerprint density at radius 2 is 1.81 bits per heavy atom. The van der Waals surface area contributed by atoms with E-state index in [1.807, 2.05) is 4.90 Å². The van der Waals surface area contributed by atoms with Crippen LogP contribution in [-0.2, 0) is 24.3 Å². The largest absolute Gasteiger partial charge is 0.452 e. The van der Waals surface area contributed by atoms with Gasteiger partial charge in [0.05, 0.1) is 23.7 Å². The molecule has 9 heteroatoms. The highest BCUT2D eigenvalue weighted by atomic mass is 32.2. The van der Waals surface area contributed by atoms with Crippen molar-refractivity contribution in [1.82, 2.24) is 9.21 Å². The Labute approximate surface area is 182 Å². The number of carbonyl (C=O) groups excluding carboxylic acids is 2. The first-order valence-electron chi connectivity index (χ1n) is 10.8. The number of allylic oxidation sites excluding steroid dienone is 2. The summed E-state index contributed by atoms with van der Waals surface area (Å²) in [4.78, 5) is 27.1. The van der Waals surface area contributed by atoms with Crippen LogP contribution < -0.4 is 0 Å². The fourth-order valence-electron chi connectivity index (χ4n) is 3.95. The average Bonchev–Trinajstić information content (AvgIpc) is 3.64. The first-order valence-corrected chi connectivity index (χ1v) is 12.3. The molecule has 0 aromatic heterocycles. The Kier molecular flexibility index (Phi) is 6.74. The summed E-state index contributed by atoms with van der Waals surface area (Å²) < 4.78 is 37.2. The summed E-state index contributed by atoms with van der Waals surface area (Å²) >= 11 is 0. The number of benzene rings is 1. The van der Waals surface area contributed by atoms with Gasteiger partial charge in [-0.1, -0.05) is 6.08 Å². The van der Waals surface area contributed by atoms with Crippen molar-refractivity contribution >= 4 is 21.9 Å². The van der Waals surface area contributed by atoms with Crippen molar-refractivity contribution in [2.45, 2.75) is 49.5 Å². The molecule has 1 saturated heterocycles. The smallest absolute Gasteiger partial charge is 0.338 e. The van der Waals surface area contributed by atoms with E-state index in [0.717, 1.165) is 44.2 Å². The van der Waals surface area contributed by atoms with E-state index in [2.05, 4.69) is 6.08 Å². The lowest BCUT2D eigenvalue weighted by atomic mass is 10.0. The second kappa shape index (κ2) is 9.50. The highest BCUT2D eigenvalue weighted by molar-refractivity contribution is 7.89. The van der Waals surface area contributed by atoms with Crippen LogP contribution in [0, 0.1) is 0 Å². The van der Waals surface area contributed by atoms with Gasteiger partial charge in [0, 0.05) is 24.8 Å². The second-order valence-corrected chi connectivity index (χ2v) is 9.99. The third-order valence-corrected chi connectivity index (χ3v) is 7.69. The molecule has 0 atom stereocenters. The van der Waals surface area contributed by atoms with E-state index in [9.17, 15) is 18.0 Å². The molecule has 168 valence electrons. The van der Waals surface area contributed by atoms with Gasteiger partial charge in [0.2, 0.25) is 10.0 Å². The van der Waals surface area contributed by atoms with Gasteiger partial charge in [-0.2, -0.15) is 4.31 Å². The van der Waals surface area contributed by atoms with Gasteiger partial charge in [-0.15, -0.1) is 0 Å². The van der Waals surface area contributed by atoms with E-state index in [0.29, 0.717) is 26.3 Å². The normalized spacial score (nSPS) is 20.1. The van der Waals surface area contributed by atoms with Crippen LogP contribution in [0.2, 0.25) is 0 Å². The van der Waals surface area contributed by atoms with Crippen LogP contribution in [0.15, 0.2) is 40.9 Å². The molecule has 0 spiro atoms. The van der Waals surface area contributed by atoms with Crippen molar-refractivity contribution in [2.75, 3.05) is 32.9 Å². The third kappa shape index (κ3) is 5.16. The summed E-state index contributed by atoms with van der Waals surface area (Å²) in [5.41, 5.74) is 1.26. The Morgan fingerprint density at radius 3 is 2.42 bits per heavy atom. The number of carbonyl (C=O) groups is 2. The maximum absolute atomic E-state index is 12.7. The maximum atomic E-state index is 12.7. The van der Waals surface area contributed by atoms with E-state index in [4.69, 9.17) is 9.47 Å². The van der Waals surface area contributed by atoms with E-state index >= 15 is 0 Å². The van der Waals surface area contributed by atoms with Crippen molar-refractivity contribution in [3.8, 4) is 0 Å². The van der Waals surface area contributed by atoms with Crippen LogP contribution in [0.4, 0.5) is 0 Å². The van der Waals surface area contributed by atoms with Gasteiger partial charge in [0.25, 0.3) is 5.91 Å². The third-order valence-electron chi connectivity index (χ3n) is 5.78. The molecule has 2 fully saturated rings. The van der Waals surface area contributed by atoms with Gasteiger partial charge in [-0.3, -0.25) is 4.79 Å². The van der Waals surface area contributed by atoms with Crippen LogP contribution in [0.5, 0.6) is 0 Å². The molecular weight excluding hydrogens is 420 g/mol. The van der Waals surface area contributed by atoms with Crippen molar-refractivity contribution in [3.63, 3.8) is 0 Å². The van der Waals surface area contributed by atoms with Crippen LogP contribution in [-0.4, -0.2) is 68.5 Å². The second-order valence-electron chi connectivity index (χ2n) is 8.05. The molecule has 0 N–H and O–H groups in total. The predicted octanol–water partition coefficient (Wildman–Crippen LogP) is 2.31. The monoisotopic (exact) mass is 448 g/mol. The number of esters is 1. The van der Waals surface area contributed by atoms with E-state index in [-0.39, 0.29) is 29.0 Å². The standard InChI is InChI=1S/C22H28N2O6S/c25-21(24(19-8-9-19)18-4-2-1-3-5-18)16-30-22(26)17-6-10-20(11-7-17)31(27,28)23-12-14-29-15-13-23/h4,6-7,10-11,19H,1-3,5,8-9,12-16H2. The number of amides is 1. The summed E-state index contributed by atoms with van der Waals surface area (Å²) in [5, 5.41) is 0. The number of ether oxygens (including phenoxy) is 2. The highest BCUT2D eigenvalue weighted by Crippen LogP contribution is 2.33. The molecule has 0 bridgehead atoms. The number of nitrogens with zero attached hydrogens (tertiary/aromatic N) is 2.